The van der Waals surface area contributed by atoms with E-state index in [0.717, 1.165) is 28.1 Å². The Morgan fingerprint density at radius 2 is 1.58 bits per heavy atom. The summed E-state index contributed by atoms with van der Waals surface area (Å²) < 4.78 is 1.84. The second-order valence-electron chi connectivity index (χ2n) is 8.55. The number of nitrogens with one attached hydrogen (secondary N) is 1. The van der Waals surface area contributed by atoms with Gasteiger partial charge in [-0.05, 0) is 50.2 Å². The molecule has 1 aromatic heterocycles. The fraction of sp³-hybridized carbons (Fsp3) is 0.138. The summed E-state index contributed by atoms with van der Waals surface area (Å²) in [6.07, 6.45) is 3.48. The average molecular weight is 499 g/mol. The maximum Gasteiger partial charge on any atom is 0.254 e. The van der Waals surface area contributed by atoms with Crippen LogP contribution in [0.1, 0.15) is 21.5 Å². The second-order valence-corrected chi connectivity index (χ2v) is 8.99. The summed E-state index contributed by atoms with van der Waals surface area (Å²) in [6, 6.07) is 22.6. The molecule has 0 fully saturated rings. The van der Waals surface area contributed by atoms with Gasteiger partial charge in [-0.15, -0.1) is 6.58 Å². The number of carbonyl (C=O) groups excluding carboxylic acids is 2. The number of amides is 2. The Morgan fingerprint density at radius 3 is 2.19 bits per heavy atom. The van der Waals surface area contributed by atoms with Crippen molar-refractivity contribution in [1.29, 1.82) is 0 Å². The third kappa shape index (κ3) is 5.90. The minimum atomic E-state index is -0.367. The maximum atomic E-state index is 13.1. The molecular weight excluding hydrogens is 472 g/mol. The zero-order valence-electron chi connectivity index (χ0n) is 20.2. The zero-order chi connectivity index (χ0) is 25.7. The molecule has 4 aromatic rings. The van der Waals surface area contributed by atoms with Crippen LogP contribution in [-0.2, 0) is 4.79 Å². The molecule has 36 heavy (non-hydrogen) atoms. The van der Waals surface area contributed by atoms with Crippen molar-refractivity contribution in [3.8, 4) is 16.9 Å². The standard InChI is InChI=1S/C29H27ClN4O2/c1-4-17-33(28(36)23-11-13-24(30)14-12-23)19-27(35)32-29-31-26(22-9-5-20(2)6-10-22)18-34(29)25-15-7-21(3)8-16-25/h4-16,18H,1,17,19H2,2-3H3,(H,31,32,35). The Balaban J connectivity index is 1.60. The first-order chi connectivity index (χ1) is 17.3. The number of hydrogen-bond acceptors (Lipinski definition) is 3. The largest absolute Gasteiger partial charge is 0.326 e. The van der Waals surface area contributed by atoms with Gasteiger partial charge in [0.05, 0.1) is 5.69 Å². The highest BCUT2D eigenvalue weighted by atomic mass is 35.5. The Bertz CT molecular complexity index is 1370. The van der Waals surface area contributed by atoms with Crippen molar-refractivity contribution >= 4 is 29.4 Å². The Morgan fingerprint density at radius 1 is 0.972 bits per heavy atom. The predicted octanol–water partition coefficient (Wildman–Crippen LogP) is 6.08. The van der Waals surface area contributed by atoms with Crippen LogP contribution in [0.5, 0.6) is 0 Å². The van der Waals surface area contributed by atoms with Gasteiger partial charge >= 0.3 is 0 Å². The monoisotopic (exact) mass is 498 g/mol. The van der Waals surface area contributed by atoms with Gasteiger partial charge in [-0.25, -0.2) is 4.98 Å². The van der Waals surface area contributed by atoms with Gasteiger partial charge in [0, 0.05) is 34.6 Å². The molecule has 7 heteroatoms. The van der Waals surface area contributed by atoms with Gasteiger partial charge in [-0.1, -0.05) is 65.2 Å². The molecule has 4 rings (SSSR count). The van der Waals surface area contributed by atoms with Crippen LogP contribution in [0, 0.1) is 13.8 Å². The molecule has 0 spiro atoms. The average Bonchev–Trinajstić information content (AvgIpc) is 3.28. The molecule has 182 valence electrons. The van der Waals surface area contributed by atoms with Crippen LogP contribution in [0.25, 0.3) is 16.9 Å². The summed E-state index contributed by atoms with van der Waals surface area (Å²) in [6.45, 7) is 7.83. The number of rotatable bonds is 8. The van der Waals surface area contributed by atoms with Crippen LogP contribution in [0.4, 0.5) is 5.95 Å². The summed E-state index contributed by atoms with van der Waals surface area (Å²) in [5.41, 5.74) is 5.25. The van der Waals surface area contributed by atoms with Gasteiger partial charge in [0.15, 0.2) is 0 Å². The number of aryl methyl sites for hydroxylation is 2. The molecule has 0 saturated carbocycles. The highest BCUT2D eigenvalue weighted by Gasteiger charge is 2.20. The van der Waals surface area contributed by atoms with Crippen molar-refractivity contribution < 1.29 is 9.59 Å². The van der Waals surface area contributed by atoms with E-state index in [1.54, 1.807) is 30.3 Å². The van der Waals surface area contributed by atoms with E-state index in [2.05, 4.69) is 11.9 Å². The number of nitrogens with zero attached hydrogens (tertiary/aromatic N) is 3. The molecule has 0 unspecified atom stereocenters. The number of aromatic nitrogens is 2. The Hall–Kier alpha value is -4.16. The molecule has 0 bridgehead atoms. The zero-order valence-corrected chi connectivity index (χ0v) is 21.0. The summed E-state index contributed by atoms with van der Waals surface area (Å²) in [5, 5.41) is 3.43. The van der Waals surface area contributed by atoms with E-state index in [0.29, 0.717) is 16.5 Å². The quantitative estimate of drug-likeness (QED) is 0.299. The van der Waals surface area contributed by atoms with Crippen LogP contribution in [0.15, 0.2) is 91.6 Å². The highest BCUT2D eigenvalue weighted by Crippen LogP contribution is 2.25. The van der Waals surface area contributed by atoms with Crippen molar-refractivity contribution in [3.63, 3.8) is 0 Å². The molecule has 1 N–H and O–H groups in total. The number of halogens is 1. The van der Waals surface area contributed by atoms with Crippen LogP contribution in [0.2, 0.25) is 5.02 Å². The lowest BCUT2D eigenvalue weighted by Gasteiger charge is -2.21. The number of benzene rings is 3. The first kappa shape index (κ1) is 24.9. The summed E-state index contributed by atoms with van der Waals surface area (Å²) in [7, 11) is 0. The second kappa shape index (κ2) is 11.1. The van der Waals surface area contributed by atoms with Gasteiger partial charge in [0.2, 0.25) is 11.9 Å². The van der Waals surface area contributed by atoms with Crippen LogP contribution < -0.4 is 5.32 Å². The minimum Gasteiger partial charge on any atom is -0.326 e. The van der Waals surface area contributed by atoms with Crippen molar-refractivity contribution in [1.82, 2.24) is 14.5 Å². The summed E-state index contributed by atoms with van der Waals surface area (Å²) in [5.74, 6) is -0.283. The lowest BCUT2D eigenvalue weighted by molar-refractivity contribution is -0.116. The molecule has 0 aliphatic rings. The molecule has 0 aliphatic heterocycles. The van der Waals surface area contributed by atoms with E-state index in [4.69, 9.17) is 16.6 Å². The molecule has 1 heterocycles. The molecular formula is C29H27ClN4O2. The first-order valence-corrected chi connectivity index (χ1v) is 11.9. The number of carbonyl (C=O) groups is 2. The predicted molar refractivity (Wildman–Crippen MR) is 145 cm³/mol. The molecule has 0 radical (unpaired) electrons. The van der Waals surface area contributed by atoms with Crippen molar-refractivity contribution in [2.24, 2.45) is 0 Å². The normalized spacial score (nSPS) is 10.6. The van der Waals surface area contributed by atoms with Crippen LogP contribution in [-0.4, -0.2) is 39.4 Å². The lowest BCUT2D eigenvalue weighted by Crippen LogP contribution is -2.38. The highest BCUT2D eigenvalue weighted by molar-refractivity contribution is 6.30. The van der Waals surface area contributed by atoms with Crippen molar-refractivity contribution in [2.45, 2.75) is 13.8 Å². The molecule has 6 nitrogen and oxygen atoms in total. The summed E-state index contributed by atoms with van der Waals surface area (Å²) in [4.78, 5) is 32.2. The fourth-order valence-corrected chi connectivity index (χ4v) is 3.85. The Labute approximate surface area is 215 Å². The lowest BCUT2D eigenvalue weighted by atomic mass is 10.1. The fourth-order valence-electron chi connectivity index (χ4n) is 3.72. The number of hydrogen-bond donors (Lipinski definition) is 1. The minimum absolute atomic E-state index is 0.159. The number of imidazole rings is 1. The third-order valence-electron chi connectivity index (χ3n) is 5.68. The van der Waals surface area contributed by atoms with Crippen LogP contribution in [0.3, 0.4) is 0 Å². The van der Waals surface area contributed by atoms with Gasteiger partial charge in [0.25, 0.3) is 5.91 Å². The molecule has 0 saturated heterocycles. The van der Waals surface area contributed by atoms with E-state index in [1.165, 1.54) is 4.90 Å². The van der Waals surface area contributed by atoms with Gasteiger partial charge in [-0.2, -0.15) is 0 Å². The summed E-state index contributed by atoms with van der Waals surface area (Å²) >= 11 is 5.95. The molecule has 3 aromatic carbocycles. The van der Waals surface area contributed by atoms with E-state index < -0.39 is 0 Å². The van der Waals surface area contributed by atoms with E-state index in [1.807, 2.05) is 73.1 Å². The van der Waals surface area contributed by atoms with E-state index in [9.17, 15) is 9.59 Å². The van der Waals surface area contributed by atoms with E-state index in [-0.39, 0.29) is 24.9 Å². The Kier molecular flexibility index (Phi) is 7.66. The number of anilines is 1. The smallest absolute Gasteiger partial charge is 0.254 e. The molecule has 0 aliphatic carbocycles. The van der Waals surface area contributed by atoms with Gasteiger partial charge in [-0.3, -0.25) is 19.5 Å². The van der Waals surface area contributed by atoms with Crippen molar-refractivity contribution in [3.05, 3.63) is 113 Å². The van der Waals surface area contributed by atoms with Gasteiger partial charge in [0.1, 0.15) is 6.54 Å². The molecule has 0 atom stereocenters. The van der Waals surface area contributed by atoms with Crippen molar-refractivity contribution in [2.75, 3.05) is 18.4 Å². The SMILES string of the molecule is C=CCN(CC(=O)Nc1nc(-c2ccc(C)cc2)cn1-c1ccc(C)cc1)C(=O)c1ccc(Cl)cc1. The maximum absolute atomic E-state index is 13.1. The molecule has 2 amide bonds. The van der Waals surface area contributed by atoms with Crippen LogP contribution >= 0.6 is 11.6 Å². The topological polar surface area (TPSA) is 67.2 Å². The first-order valence-electron chi connectivity index (χ1n) is 11.5. The third-order valence-corrected chi connectivity index (χ3v) is 5.93. The van der Waals surface area contributed by atoms with Gasteiger partial charge < -0.3 is 4.90 Å². The van der Waals surface area contributed by atoms with E-state index >= 15 is 0 Å².